The smallest absolute Gasteiger partial charge is 0.434 e. The molecular formula is C9H8F3N3O3S. The maximum Gasteiger partial charge on any atom is 0.434 e. The van der Waals surface area contributed by atoms with Gasteiger partial charge in [0.25, 0.3) is 5.91 Å². The predicted octanol–water partition coefficient (Wildman–Crippen LogP) is 1.20. The van der Waals surface area contributed by atoms with Crippen molar-refractivity contribution in [3.8, 4) is 0 Å². The minimum atomic E-state index is -4.57. The Labute approximate surface area is 108 Å². The van der Waals surface area contributed by atoms with Gasteiger partial charge in [-0.1, -0.05) is 0 Å². The third-order valence-electron chi connectivity index (χ3n) is 2.14. The molecule has 0 aliphatic carbocycles. The second-order valence-electron chi connectivity index (χ2n) is 3.51. The molecule has 0 saturated heterocycles. The van der Waals surface area contributed by atoms with E-state index in [0.717, 1.165) is 18.6 Å². The number of aliphatic hydroxyl groups is 2. The van der Waals surface area contributed by atoms with Gasteiger partial charge in [-0.3, -0.25) is 0 Å². The fraction of sp³-hybridized carbons (Fsp3) is 0.333. The summed E-state index contributed by atoms with van der Waals surface area (Å²) in [5, 5.41) is 22.0. The number of rotatable bonds is 2. The molecule has 10 heteroatoms. The highest BCUT2D eigenvalue weighted by atomic mass is 32.1. The number of hydrogen-bond acceptors (Lipinski definition) is 7. The summed E-state index contributed by atoms with van der Waals surface area (Å²) in [7, 11) is 1.12. The number of aromatic nitrogens is 1. The van der Waals surface area contributed by atoms with Gasteiger partial charge in [0.2, 0.25) is 0 Å². The maximum atomic E-state index is 12.4. The van der Waals surface area contributed by atoms with Gasteiger partial charge >= 0.3 is 6.18 Å². The van der Waals surface area contributed by atoms with Crippen molar-refractivity contribution in [2.45, 2.75) is 12.1 Å². The normalized spacial score (nSPS) is 23.6. The third kappa shape index (κ3) is 2.85. The topological polar surface area (TPSA) is 87.0 Å². The number of nitrogens with one attached hydrogen (secondary N) is 1. The van der Waals surface area contributed by atoms with E-state index in [4.69, 9.17) is 0 Å². The Balaban J connectivity index is 2.35. The second-order valence-corrected chi connectivity index (χ2v) is 4.37. The summed E-state index contributed by atoms with van der Waals surface area (Å²) in [6.45, 7) is 0. The van der Waals surface area contributed by atoms with Gasteiger partial charge < -0.3 is 20.3 Å². The predicted molar refractivity (Wildman–Crippen MR) is 59.5 cm³/mol. The zero-order valence-corrected chi connectivity index (χ0v) is 10.2. The lowest BCUT2D eigenvalue weighted by Gasteiger charge is -2.23. The van der Waals surface area contributed by atoms with Crippen LogP contribution in [0.15, 0.2) is 22.3 Å². The van der Waals surface area contributed by atoms with Crippen LogP contribution in [0.25, 0.3) is 0 Å². The molecule has 2 heterocycles. The molecule has 1 atom stereocenters. The molecule has 1 unspecified atom stereocenters. The third-order valence-corrected chi connectivity index (χ3v) is 2.99. The number of ether oxygens (including phenoxy) is 1. The van der Waals surface area contributed by atoms with Crippen molar-refractivity contribution in [3.05, 3.63) is 28.0 Å². The average molecular weight is 295 g/mol. The van der Waals surface area contributed by atoms with Crippen LogP contribution in [0.5, 0.6) is 0 Å². The Hall–Kier alpha value is -1.65. The molecular weight excluding hydrogens is 287 g/mol. The number of thiazole rings is 1. The van der Waals surface area contributed by atoms with Crippen LogP contribution in [0.1, 0.15) is 10.7 Å². The van der Waals surface area contributed by atoms with Gasteiger partial charge in [0.05, 0.1) is 6.08 Å². The number of methoxy groups -OCH3 is 1. The summed E-state index contributed by atoms with van der Waals surface area (Å²) in [5.74, 6) is -2.86. The minimum Gasteiger partial charge on any atom is -0.495 e. The summed E-state index contributed by atoms with van der Waals surface area (Å²) in [6, 6.07) is 0. The number of aliphatic imine (C=N–C) groups is 1. The van der Waals surface area contributed by atoms with Crippen LogP contribution in [0.4, 0.5) is 13.2 Å². The Kier molecular flexibility index (Phi) is 3.24. The maximum absolute atomic E-state index is 12.4. The quantitative estimate of drug-likeness (QED) is 0.714. The molecule has 2 rings (SSSR count). The van der Waals surface area contributed by atoms with E-state index in [1.54, 1.807) is 0 Å². The molecule has 0 spiro atoms. The zero-order chi connectivity index (χ0) is 14.3. The largest absolute Gasteiger partial charge is 0.495 e. The fourth-order valence-corrected chi connectivity index (χ4v) is 2.04. The zero-order valence-electron chi connectivity index (χ0n) is 9.39. The van der Waals surface area contributed by atoms with E-state index in [1.165, 1.54) is 0 Å². The standard InChI is InChI=1S/C9H8F3N3O3S/c1-18-8(17)2-5(16)14-6(15-8)7-13-4(3-19-7)9(10,11)12/h2-3,16-17H,1H3,(H,14,15). The first-order valence-electron chi connectivity index (χ1n) is 4.83. The van der Waals surface area contributed by atoms with Crippen LogP contribution < -0.4 is 5.32 Å². The molecule has 0 radical (unpaired) electrons. The highest BCUT2D eigenvalue weighted by Gasteiger charge is 2.35. The number of alkyl halides is 3. The van der Waals surface area contributed by atoms with Gasteiger partial charge in [0, 0.05) is 12.5 Å². The monoisotopic (exact) mass is 295 g/mol. The molecule has 6 nitrogen and oxygen atoms in total. The van der Waals surface area contributed by atoms with E-state index in [0.29, 0.717) is 11.3 Å². The summed E-state index contributed by atoms with van der Waals surface area (Å²) in [6.07, 6.45) is -3.71. The first-order valence-corrected chi connectivity index (χ1v) is 5.71. The van der Waals surface area contributed by atoms with Gasteiger partial charge in [-0.2, -0.15) is 13.2 Å². The number of amidine groups is 1. The Morgan fingerprint density at radius 1 is 1.47 bits per heavy atom. The molecule has 1 aliphatic heterocycles. The van der Waals surface area contributed by atoms with Crippen LogP contribution in [0, 0.1) is 0 Å². The highest BCUT2D eigenvalue weighted by molar-refractivity contribution is 7.11. The van der Waals surface area contributed by atoms with E-state index in [9.17, 15) is 23.4 Å². The van der Waals surface area contributed by atoms with Gasteiger partial charge in [0.15, 0.2) is 22.4 Å². The lowest BCUT2D eigenvalue weighted by molar-refractivity contribution is -0.141. The summed E-state index contributed by atoms with van der Waals surface area (Å²) < 4.78 is 41.9. The van der Waals surface area contributed by atoms with Gasteiger partial charge in [0.1, 0.15) is 0 Å². The lowest BCUT2D eigenvalue weighted by Crippen LogP contribution is -2.38. The first kappa shape index (κ1) is 13.8. The van der Waals surface area contributed by atoms with Crippen molar-refractivity contribution < 1.29 is 28.1 Å². The summed E-state index contributed by atoms with van der Waals surface area (Å²) >= 11 is 0.667. The van der Waals surface area contributed by atoms with E-state index in [-0.39, 0.29) is 10.8 Å². The average Bonchev–Trinajstić information content (AvgIpc) is 2.76. The van der Waals surface area contributed by atoms with Gasteiger partial charge in [-0.15, -0.1) is 11.3 Å². The van der Waals surface area contributed by atoms with E-state index < -0.39 is 23.7 Å². The van der Waals surface area contributed by atoms with Crippen molar-refractivity contribution in [2.75, 3.05) is 7.11 Å². The van der Waals surface area contributed by atoms with Gasteiger partial charge in [-0.05, 0) is 0 Å². The Bertz CT molecular complexity index is 554. The molecule has 1 aromatic heterocycles. The number of hydrogen-bond donors (Lipinski definition) is 3. The number of aliphatic hydroxyl groups excluding tert-OH is 1. The molecule has 0 fully saturated rings. The van der Waals surface area contributed by atoms with Crippen molar-refractivity contribution in [2.24, 2.45) is 4.99 Å². The fourth-order valence-electron chi connectivity index (χ4n) is 1.27. The van der Waals surface area contributed by atoms with E-state index in [1.807, 2.05) is 0 Å². The Morgan fingerprint density at radius 2 is 2.16 bits per heavy atom. The van der Waals surface area contributed by atoms with Crippen molar-refractivity contribution in [1.29, 1.82) is 0 Å². The van der Waals surface area contributed by atoms with Crippen LogP contribution >= 0.6 is 11.3 Å². The Morgan fingerprint density at radius 3 is 2.68 bits per heavy atom. The molecule has 19 heavy (non-hydrogen) atoms. The molecule has 1 aliphatic rings. The van der Waals surface area contributed by atoms with E-state index in [2.05, 4.69) is 20.0 Å². The number of halogens is 3. The first-order chi connectivity index (χ1) is 8.73. The molecule has 0 aromatic carbocycles. The van der Waals surface area contributed by atoms with Crippen LogP contribution in [0.3, 0.4) is 0 Å². The molecule has 104 valence electrons. The lowest BCUT2D eigenvalue weighted by atomic mass is 10.3. The molecule has 1 aromatic rings. The molecule has 0 amide bonds. The summed E-state index contributed by atoms with van der Waals surface area (Å²) in [4.78, 5) is 6.97. The van der Waals surface area contributed by atoms with E-state index >= 15 is 0 Å². The SMILES string of the molecule is COC1(O)C=C(O)NC(c2nc(C(F)(F)F)cs2)=N1. The molecule has 0 bridgehead atoms. The van der Waals surface area contributed by atoms with Crippen molar-refractivity contribution in [3.63, 3.8) is 0 Å². The number of nitrogens with zero attached hydrogens (tertiary/aromatic N) is 2. The highest BCUT2D eigenvalue weighted by Crippen LogP contribution is 2.30. The summed E-state index contributed by atoms with van der Waals surface area (Å²) in [5.41, 5.74) is -1.08. The molecule has 0 saturated carbocycles. The van der Waals surface area contributed by atoms with Crippen LogP contribution in [0.2, 0.25) is 0 Å². The minimum absolute atomic E-state index is 0.137. The van der Waals surface area contributed by atoms with Crippen LogP contribution in [-0.4, -0.2) is 34.1 Å². The van der Waals surface area contributed by atoms with Crippen molar-refractivity contribution >= 4 is 17.2 Å². The van der Waals surface area contributed by atoms with Crippen LogP contribution in [-0.2, 0) is 10.9 Å². The van der Waals surface area contributed by atoms with Gasteiger partial charge in [-0.25, -0.2) is 9.98 Å². The van der Waals surface area contributed by atoms with Crippen molar-refractivity contribution in [1.82, 2.24) is 10.3 Å². The second kappa shape index (κ2) is 4.47. The molecule has 3 N–H and O–H groups in total.